The Bertz CT molecular complexity index is 654. The lowest BCUT2D eigenvalue weighted by atomic mass is 10.2. The van der Waals surface area contributed by atoms with Crippen molar-refractivity contribution in [2.45, 2.75) is 36.0 Å². The van der Waals surface area contributed by atoms with E-state index in [0.29, 0.717) is 6.54 Å². The van der Waals surface area contributed by atoms with Crippen molar-refractivity contribution in [3.05, 3.63) is 24.3 Å². The van der Waals surface area contributed by atoms with Gasteiger partial charge in [-0.1, -0.05) is 31.9 Å². The SMILES string of the molecule is CCCCCN(C)S(=O)(=O)c1ccccc1S(N)(=O)=O. The Kier molecular flexibility index (Phi) is 5.69. The summed E-state index contributed by atoms with van der Waals surface area (Å²) in [7, 11) is -6.50. The van der Waals surface area contributed by atoms with Gasteiger partial charge >= 0.3 is 0 Å². The van der Waals surface area contributed by atoms with E-state index in [9.17, 15) is 16.8 Å². The zero-order chi connectivity index (χ0) is 15.4. The predicted molar refractivity (Wildman–Crippen MR) is 77.2 cm³/mol. The van der Waals surface area contributed by atoms with E-state index in [-0.39, 0.29) is 9.79 Å². The third kappa shape index (κ3) is 4.02. The molecular weight excluding hydrogens is 300 g/mol. The lowest BCUT2D eigenvalue weighted by Gasteiger charge is -2.18. The quantitative estimate of drug-likeness (QED) is 0.762. The van der Waals surface area contributed by atoms with E-state index in [1.807, 2.05) is 6.92 Å². The summed E-state index contributed by atoms with van der Waals surface area (Å²) >= 11 is 0. The van der Waals surface area contributed by atoms with Gasteiger partial charge in [0.05, 0.1) is 0 Å². The number of benzene rings is 1. The third-order valence-corrected chi connectivity index (χ3v) is 5.93. The van der Waals surface area contributed by atoms with Gasteiger partial charge in [-0.25, -0.2) is 26.3 Å². The molecule has 0 bridgehead atoms. The highest BCUT2D eigenvalue weighted by molar-refractivity contribution is 7.92. The molecule has 0 unspecified atom stereocenters. The summed E-state index contributed by atoms with van der Waals surface area (Å²) in [5.41, 5.74) is 0. The summed E-state index contributed by atoms with van der Waals surface area (Å²) in [5, 5.41) is 5.07. The Morgan fingerprint density at radius 2 is 1.60 bits per heavy atom. The van der Waals surface area contributed by atoms with Crippen LogP contribution in [0.1, 0.15) is 26.2 Å². The lowest BCUT2D eigenvalue weighted by Crippen LogP contribution is -2.30. The van der Waals surface area contributed by atoms with Crippen LogP contribution in [0.25, 0.3) is 0 Å². The molecule has 1 aromatic rings. The molecule has 0 aliphatic heterocycles. The average Bonchev–Trinajstić information content (AvgIpc) is 2.38. The number of unbranched alkanes of at least 4 members (excludes halogenated alkanes) is 2. The van der Waals surface area contributed by atoms with E-state index in [1.165, 1.54) is 31.3 Å². The monoisotopic (exact) mass is 320 g/mol. The Morgan fingerprint density at radius 1 is 1.05 bits per heavy atom. The number of hydrogen-bond acceptors (Lipinski definition) is 4. The van der Waals surface area contributed by atoms with Gasteiger partial charge in [0.1, 0.15) is 9.79 Å². The Hall–Kier alpha value is -0.960. The topological polar surface area (TPSA) is 97.5 Å². The molecule has 6 nitrogen and oxygen atoms in total. The van der Waals surface area contributed by atoms with Crippen LogP contribution in [0, 0.1) is 0 Å². The van der Waals surface area contributed by atoms with Crippen molar-refractivity contribution >= 4 is 20.0 Å². The fourth-order valence-electron chi connectivity index (χ4n) is 1.77. The molecule has 0 spiro atoms. The highest BCUT2D eigenvalue weighted by Gasteiger charge is 2.27. The van der Waals surface area contributed by atoms with Gasteiger partial charge in [-0.2, -0.15) is 0 Å². The molecule has 2 N–H and O–H groups in total. The normalized spacial score (nSPS) is 12.8. The average molecular weight is 320 g/mol. The Labute approximate surface area is 120 Å². The van der Waals surface area contributed by atoms with Gasteiger partial charge in [0.25, 0.3) is 0 Å². The maximum Gasteiger partial charge on any atom is 0.244 e. The minimum atomic E-state index is -4.08. The minimum Gasteiger partial charge on any atom is -0.225 e. The number of primary sulfonamides is 1. The van der Waals surface area contributed by atoms with Gasteiger partial charge in [0, 0.05) is 13.6 Å². The molecule has 0 amide bonds. The first kappa shape index (κ1) is 17.1. The molecule has 0 fully saturated rings. The van der Waals surface area contributed by atoms with Crippen molar-refractivity contribution in [1.82, 2.24) is 4.31 Å². The largest absolute Gasteiger partial charge is 0.244 e. The standard InChI is InChI=1S/C12H20N2O4S2/c1-3-4-7-10-14(2)20(17,18)12-9-6-5-8-11(12)19(13,15)16/h5-6,8-9H,3-4,7,10H2,1-2H3,(H2,13,15,16). The van der Waals surface area contributed by atoms with Crippen LogP contribution in [0.15, 0.2) is 34.1 Å². The molecular formula is C12H20N2O4S2. The third-order valence-electron chi connectivity index (χ3n) is 2.92. The molecule has 0 aromatic heterocycles. The highest BCUT2D eigenvalue weighted by atomic mass is 32.2. The van der Waals surface area contributed by atoms with Crippen molar-refractivity contribution in [3.8, 4) is 0 Å². The smallest absolute Gasteiger partial charge is 0.225 e. The van der Waals surface area contributed by atoms with Gasteiger partial charge in [-0.05, 0) is 18.6 Å². The summed E-state index contributed by atoms with van der Waals surface area (Å²) in [6.07, 6.45) is 2.61. The zero-order valence-corrected chi connectivity index (χ0v) is 13.2. The van der Waals surface area contributed by atoms with Crippen LogP contribution in [-0.4, -0.2) is 34.7 Å². The summed E-state index contributed by atoms with van der Waals surface area (Å²) in [6.45, 7) is 2.36. The van der Waals surface area contributed by atoms with Gasteiger partial charge < -0.3 is 0 Å². The summed E-state index contributed by atoms with van der Waals surface area (Å²) in [4.78, 5) is -0.649. The van der Waals surface area contributed by atoms with Gasteiger partial charge in [0.2, 0.25) is 20.0 Å². The highest BCUT2D eigenvalue weighted by Crippen LogP contribution is 2.22. The van der Waals surface area contributed by atoms with Crippen LogP contribution < -0.4 is 5.14 Å². The summed E-state index contributed by atoms with van der Waals surface area (Å²) < 4.78 is 48.9. The van der Waals surface area contributed by atoms with E-state index in [0.717, 1.165) is 23.6 Å². The molecule has 0 aliphatic carbocycles. The molecule has 1 aromatic carbocycles. The van der Waals surface area contributed by atoms with Crippen molar-refractivity contribution in [2.75, 3.05) is 13.6 Å². The zero-order valence-electron chi connectivity index (χ0n) is 11.6. The first-order valence-corrected chi connectivity index (χ1v) is 9.28. The fraction of sp³-hybridized carbons (Fsp3) is 0.500. The van der Waals surface area contributed by atoms with Crippen molar-refractivity contribution in [1.29, 1.82) is 0 Å². The van der Waals surface area contributed by atoms with Crippen LogP contribution in [0.3, 0.4) is 0 Å². The number of nitrogens with zero attached hydrogens (tertiary/aromatic N) is 1. The molecule has 0 radical (unpaired) electrons. The van der Waals surface area contributed by atoms with Crippen molar-refractivity contribution in [2.24, 2.45) is 5.14 Å². The maximum atomic E-state index is 12.4. The van der Waals surface area contributed by atoms with Crippen LogP contribution >= 0.6 is 0 Å². The van der Waals surface area contributed by atoms with E-state index in [2.05, 4.69) is 0 Å². The van der Waals surface area contributed by atoms with Crippen LogP contribution in [0.5, 0.6) is 0 Å². The molecule has 20 heavy (non-hydrogen) atoms. The van der Waals surface area contributed by atoms with Gasteiger partial charge in [-0.15, -0.1) is 0 Å². The van der Waals surface area contributed by atoms with Crippen LogP contribution in [0.4, 0.5) is 0 Å². The second-order valence-corrected chi connectivity index (χ2v) is 8.07. The molecule has 0 saturated carbocycles. The molecule has 1 rings (SSSR count). The number of hydrogen-bond donors (Lipinski definition) is 1. The van der Waals surface area contributed by atoms with Crippen molar-refractivity contribution < 1.29 is 16.8 Å². The van der Waals surface area contributed by atoms with E-state index in [4.69, 9.17) is 5.14 Å². The lowest BCUT2D eigenvalue weighted by molar-refractivity contribution is 0.452. The number of rotatable bonds is 7. The molecule has 0 heterocycles. The molecule has 8 heteroatoms. The predicted octanol–water partition coefficient (Wildman–Crippen LogP) is 1.14. The van der Waals surface area contributed by atoms with Crippen molar-refractivity contribution in [3.63, 3.8) is 0 Å². The second-order valence-electron chi connectivity index (χ2n) is 4.53. The number of sulfonamides is 2. The fourth-order valence-corrected chi connectivity index (χ4v) is 4.33. The van der Waals surface area contributed by atoms with E-state index >= 15 is 0 Å². The first-order chi connectivity index (χ1) is 9.21. The van der Waals surface area contributed by atoms with E-state index in [1.54, 1.807) is 0 Å². The second kappa shape index (κ2) is 6.66. The minimum absolute atomic E-state index is 0.276. The van der Waals surface area contributed by atoms with Gasteiger partial charge in [-0.3, -0.25) is 0 Å². The number of nitrogens with two attached hydrogens (primary N) is 1. The van der Waals surface area contributed by atoms with E-state index < -0.39 is 20.0 Å². The molecule has 0 aliphatic rings. The molecule has 114 valence electrons. The first-order valence-electron chi connectivity index (χ1n) is 6.29. The molecule has 0 atom stereocenters. The summed E-state index contributed by atoms with van der Waals surface area (Å²) in [5.74, 6) is 0. The maximum absolute atomic E-state index is 12.4. The van der Waals surface area contributed by atoms with Crippen LogP contribution in [-0.2, 0) is 20.0 Å². The van der Waals surface area contributed by atoms with Crippen LogP contribution in [0.2, 0.25) is 0 Å². The summed E-state index contributed by atoms with van der Waals surface area (Å²) in [6, 6.07) is 5.37. The Morgan fingerprint density at radius 3 is 2.10 bits per heavy atom. The van der Waals surface area contributed by atoms with Gasteiger partial charge in [0.15, 0.2) is 0 Å². The Balaban J connectivity index is 3.17. The molecule has 0 saturated heterocycles.